The molecule has 1 aromatic carbocycles. The van der Waals surface area contributed by atoms with Crippen LogP contribution in [0, 0.1) is 19.8 Å². The summed E-state index contributed by atoms with van der Waals surface area (Å²) in [4.78, 5) is 2.64. The predicted octanol–water partition coefficient (Wildman–Crippen LogP) is 3.25. The Hall–Kier alpha value is -0.860. The maximum atomic E-state index is 5.94. The van der Waals surface area contributed by atoms with E-state index >= 15 is 0 Å². The van der Waals surface area contributed by atoms with Crippen LogP contribution >= 0.6 is 0 Å². The van der Waals surface area contributed by atoms with E-state index in [1.807, 2.05) is 0 Å². The van der Waals surface area contributed by atoms with Gasteiger partial charge in [-0.2, -0.15) is 0 Å². The first-order valence-corrected chi connectivity index (χ1v) is 7.66. The van der Waals surface area contributed by atoms with E-state index in [1.165, 1.54) is 36.0 Å². The van der Waals surface area contributed by atoms with Crippen LogP contribution in [0.2, 0.25) is 0 Å². The molecule has 2 heteroatoms. The fraction of sp³-hybridized carbons (Fsp3) is 0.647. The summed E-state index contributed by atoms with van der Waals surface area (Å²) in [6, 6.07) is 7.30. The summed E-state index contributed by atoms with van der Waals surface area (Å²) in [5.41, 5.74) is 10.3. The first-order valence-electron chi connectivity index (χ1n) is 7.66. The summed E-state index contributed by atoms with van der Waals surface area (Å²) in [5.74, 6) is 0.698. The second-order valence-corrected chi connectivity index (χ2v) is 5.93. The van der Waals surface area contributed by atoms with Gasteiger partial charge in [-0.25, -0.2) is 0 Å². The van der Waals surface area contributed by atoms with E-state index in [0.717, 1.165) is 19.6 Å². The zero-order valence-corrected chi connectivity index (χ0v) is 12.7. The Morgan fingerprint density at radius 2 is 1.89 bits per heavy atom. The highest BCUT2D eigenvalue weighted by molar-refractivity contribution is 5.33. The molecule has 0 saturated heterocycles. The molecule has 1 saturated carbocycles. The molecule has 0 spiro atoms. The van der Waals surface area contributed by atoms with Gasteiger partial charge in [0.05, 0.1) is 0 Å². The van der Waals surface area contributed by atoms with Crippen LogP contribution in [0.4, 0.5) is 0 Å². The third kappa shape index (κ3) is 3.18. The van der Waals surface area contributed by atoms with Gasteiger partial charge >= 0.3 is 0 Å². The van der Waals surface area contributed by atoms with Gasteiger partial charge in [0.25, 0.3) is 0 Å². The zero-order valence-electron chi connectivity index (χ0n) is 12.7. The SMILES string of the molecule is CCN(Cc1c(C)cccc1C)C1CCCC1CN. The summed E-state index contributed by atoms with van der Waals surface area (Å²) >= 11 is 0. The number of aryl methyl sites for hydroxylation is 2. The normalized spacial score (nSPS) is 23.2. The van der Waals surface area contributed by atoms with Gasteiger partial charge in [-0.1, -0.05) is 31.5 Å². The minimum atomic E-state index is 0.689. The Bertz CT molecular complexity index is 393. The predicted molar refractivity (Wildman–Crippen MR) is 82.2 cm³/mol. The number of hydrogen-bond acceptors (Lipinski definition) is 2. The van der Waals surface area contributed by atoms with Crippen molar-refractivity contribution in [1.82, 2.24) is 4.90 Å². The lowest BCUT2D eigenvalue weighted by atomic mass is 9.98. The summed E-state index contributed by atoms with van der Waals surface area (Å²) in [6.45, 7) is 9.77. The molecule has 0 heterocycles. The highest BCUT2D eigenvalue weighted by atomic mass is 15.2. The van der Waals surface area contributed by atoms with Gasteiger partial charge < -0.3 is 5.73 Å². The van der Waals surface area contributed by atoms with E-state index in [9.17, 15) is 0 Å². The van der Waals surface area contributed by atoms with Gasteiger partial charge in [0, 0.05) is 12.6 Å². The highest BCUT2D eigenvalue weighted by Gasteiger charge is 2.30. The van der Waals surface area contributed by atoms with E-state index in [2.05, 4.69) is 43.9 Å². The molecule has 2 rings (SSSR count). The molecule has 0 bridgehead atoms. The monoisotopic (exact) mass is 260 g/mol. The Morgan fingerprint density at radius 3 is 2.47 bits per heavy atom. The number of benzene rings is 1. The topological polar surface area (TPSA) is 29.3 Å². The third-order valence-electron chi connectivity index (χ3n) is 4.80. The van der Waals surface area contributed by atoms with Crippen molar-refractivity contribution >= 4 is 0 Å². The molecule has 0 aliphatic heterocycles. The van der Waals surface area contributed by atoms with Crippen LogP contribution < -0.4 is 5.73 Å². The fourth-order valence-corrected chi connectivity index (χ4v) is 3.54. The summed E-state index contributed by atoms with van der Waals surface area (Å²) < 4.78 is 0. The van der Waals surface area contributed by atoms with Gasteiger partial charge in [-0.3, -0.25) is 4.90 Å². The molecule has 2 N–H and O–H groups in total. The molecule has 1 aromatic rings. The van der Waals surface area contributed by atoms with Crippen molar-refractivity contribution in [3.63, 3.8) is 0 Å². The maximum Gasteiger partial charge on any atom is 0.0241 e. The Morgan fingerprint density at radius 1 is 1.21 bits per heavy atom. The molecular formula is C17H28N2. The molecule has 1 fully saturated rings. The number of nitrogens with zero attached hydrogens (tertiary/aromatic N) is 1. The Kier molecular flexibility index (Phi) is 5.00. The molecule has 106 valence electrons. The zero-order chi connectivity index (χ0) is 13.8. The van der Waals surface area contributed by atoms with Crippen molar-refractivity contribution < 1.29 is 0 Å². The number of rotatable bonds is 5. The van der Waals surface area contributed by atoms with Gasteiger partial charge in [0.2, 0.25) is 0 Å². The van der Waals surface area contributed by atoms with Gasteiger partial charge in [-0.15, -0.1) is 0 Å². The van der Waals surface area contributed by atoms with E-state index in [4.69, 9.17) is 5.73 Å². The molecule has 0 aromatic heterocycles. The van der Waals surface area contributed by atoms with Crippen LogP contribution in [0.15, 0.2) is 18.2 Å². The number of hydrogen-bond donors (Lipinski definition) is 1. The van der Waals surface area contributed by atoms with Gasteiger partial charge in [0.15, 0.2) is 0 Å². The van der Waals surface area contributed by atoms with Crippen molar-refractivity contribution in [2.24, 2.45) is 11.7 Å². The van der Waals surface area contributed by atoms with E-state index in [-0.39, 0.29) is 0 Å². The lowest BCUT2D eigenvalue weighted by Crippen LogP contribution is -2.40. The molecule has 1 aliphatic carbocycles. The highest BCUT2D eigenvalue weighted by Crippen LogP contribution is 2.30. The molecule has 0 amide bonds. The van der Waals surface area contributed by atoms with Crippen LogP contribution in [-0.2, 0) is 6.54 Å². The minimum absolute atomic E-state index is 0.689. The minimum Gasteiger partial charge on any atom is -0.330 e. The molecule has 1 aliphatic rings. The summed E-state index contributed by atoms with van der Waals surface area (Å²) in [6.07, 6.45) is 3.97. The first-order chi connectivity index (χ1) is 9.17. The Balaban J connectivity index is 2.15. The van der Waals surface area contributed by atoms with Crippen molar-refractivity contribution in [1.29, 1.82) is 0 Å². The second kappa shape index (κ2) is 6.53. The lowest BCUT2D eigenvalue weighted by Gasteiger charge is -2.32. The number of nitrogens with two attached hydrogens (primary N) is 1. The van der Waals surface area contributed by atoms with Crippen LogP contribution in [-0.4, -0.2) is 24.0 Å². The molecule has 19 heavy (non-hydrogen) atoms. The maximum absolute atomic E-state index is 5.94. The Labute approximate surface area is 118 Å². The van der Waals surface area contributed by atoms with E-state index < -0.39 is 0 Å². The van der Waals surface area contributed by atoms with Gasteiger partial charge in [-0.05, 0) is 62.4 Å². The van der Waals surface area contributed by atoms with Crippen LogP contribution in [0.5, 0.6) is 0 Å². The van der Waals surface area contributed by atoms with Crippen LogP contribution in [0.25, 0.3) is 0 Å². The quantitative estimate of drug-likeness (QED) is 0.880. The third-order valence-corrected chi connectivity index (χ3v) is 4.80. The smallest absolute Gasteiger partial charge is 0.0241 e. The first kappa shape index (κ1) is 14.5. The van der Waals surface area contributed by atoms with Crippen molar-refractivity contribution in [3.8, 4) is 0 Å². The molecule has 2 unspecified atom stereocenters. The summed E-state index contributed by atoms with van der Waals surface area (Å²) in [7, 11) is 0. The van der Waals surface area contributed by atoms with Crippen LogP contribution in [0.1, 0.15) is 42.9 Å². The van der Waals surface area contributed by atoms with E-state index in [1.54, 1.807) is 0 Å². The fourth-order valence-electron chi connectivity index (χ4n) is 3.54. The standard InChI is InChI=1S/C17H28N2/c1-4-19(17-10-6-9-15(17)11-18)12-16-13(2)7-5-8-14(16)3/h5,7-8,15,17H,4,6,9-12,18H2,1-3H3. The van der Waals surface area contributed by atoms with E-state index in [0.29, 0.717) is 12.0 Å². The molecule has 2 atom stereocenters. The van der Waals surface area contributed by atoms with Crippen LogP contribution in [0.3, 0.4) is 0 Å². The average Bonchev–Trinajstić information content (AvgIpc) is 2.87. The van der Waals surface area contributed by atoms with Crippen molar-refractivity contribution in [3.05, 3.63) is 34.9 Å². The molecular weight excluding hydrogens is 232 g/mol. The average molecular weight is 260 g/mol. The second-order valence-electron chi connectivity index (χ2n) is 5.93. The van der Waals surface area contributed by atoms with Crippen molar-refractivity contribution in [2.45, 2.75) is 52.6 Å². The van der Waals surface area contributed by atoms with Crippen molar-refractivity contribution in [2.75, 3.05) is 13.1 Å². The molecule has 0 radical (unpaired) electrons. The molecule has 2 nitrogen and oxygen atoms in total. The lowest BCUT2D eigenvalue weighted by molar-refractivity contribution is 0.161. The summed E-state index contributed by atoms with van der Waals surface area (Å²) in [5, 5.41) is 0. The largest absolute Gasteiger partial charge is 0.330 e. The van der Waals surface area contributed by atoms with Gasteiger partial charge in [0.1, 0.15) is 0 Å².